The number of aromatic amines is 1. The molecule has 1 aromatic heterocycles. The van der Waals surface area contributed by atoms with Crippen LogP contribution in [0.3, 0.4) is 0 Å². The van der Waals surface area contributed by atoms with Gasteiger partial charge in [0.15, 0.2) is 5.78 Å². The van der Waals surface area contributed by atoms with Gasteiger partial charge in [-0.25, -0.2) is 4.79 Å². The Morgan fingerprint density at radius 2 is 1.78 bits per heavy atom. The quantitative estimate of drug-likeness (QED) is 0.309. The Morgan fingerprint density at radius 1 is 1.08 bits per heavy atom. The van der Waals surface area contributed by atoms with Gasteiger partial charge in [-0.1, -0.05) is 12.1 Å². The van der Waals surface area contributed by atoms with Crippen LogP contribution in [0.5, 0.6) is 5.75 Å². The number of likely N-dealkylation sites (tertiary alicyclic amines) is 1. The first-order valence-electron chi connectivity index (χ1n) is 11.8. The molecule has 2 atom stereocenters. The van der Waals surface area contributed by atoms with Gasteiger partial charge in [0.1, 0.15) is 5.75 Å². The zero-order valence-electron chi connectivity index (χ0n) is 19.7. The van der Waals surface area contributed by atoms with Crippen LogP contribution in [-0.4, -0.2) is 46.3 Å². The third-order valence-electron chi connectivity index (χ3n) is 7.10. The number of nitrogens with one attached hydrogen (secondary N) is 1. The molecular weight excluding hydrogens is 592 g/mol. The molecule has 0 bridgehead atoms. The van der Waals surface area contributed by atoms with Gasteiger partial charge in [-0.3, -0.25) is 14.2 Å². The van der Waals surface area contributed by atoms with Crippen LogP contribution in [-0.2, 0) is 4.79 Å². The topological polar surface area (TPSA) is 110 Å². The van der Waals surface area contributed by atoms with E-state index in [9.17, 15) is 14.4 Å². The van der Waals surface area contributed by atoms with E-state index in [2.05, 4.69) is 36.8 Å². The molecule has 2 unspecified atom stereocenters. The number of rotatable bonds is 6. The number of ketones is 1. The summed E-state index contributed by atoms with van der Waals surface area (Å²) in [5.74, 6) is 0.142. The van der Waals surface area contributed by atoms with E-state index in [0.717, 1.165) is 17.0 Å². The Balaban J connectivity index is 1.20. The Bertz CT molecular complexity index is 1370. The number of benzene rings is 2. The van der Waals surface area contributed by atoms with Crippen molar-refractivity contribution in [2.45, 2.75) is 25.3 Å². The van der Waals surface area contributed by atoms with Gasteiger partial charge in [0.05, 0.1) is 18.5 Å². The number of Topliss-reactive ketones (excluding diaryl/α,β-unsaturated/α-hetero) is 1. The first kappa shape index (κ1) is 24.8. The molecule has 3 aromatic rings. The number of carbonyl (C=O) groups excluding carboxylic acids is 2. The number of amides is 1. The molecule has 1 amide bonds. The average molecular weight is 618 g/mol. The van der Waals surface area contributed by atoms with Crippen molar-refractivity contribution in [2.24, 2.45) is 11.8 Å². The summed E-state index contributed by atoms with van der Waals surface area (Å²) in [5, 5.41) is 0. The molecule has 2 heterocycles. The fourth-order valence-electron chi connectivity index (χ4n) is 4.92. The fraction of sp³-hybridized carbons (Fsp3) is 0.346. The Morgan fingerprint density at radius 3 is 2.44 bits per heavy atom. The molecule has 3 N–H and O–H groups in total. The maximum Gasteiger partial charge on any atom is 0.326 e. The third-order valence-corrected chi connectivity index (χ3v) is 8.41. The number of nitrogens with two attached hydrogens (primary N) is 1. The van der Waals surface area contributed by atoms with Crippen LogP contribution in [0.2, 0.25) is 0 Å². The molecule has 2 fully saturated rings. The Hall–Kier alpha value is -2.85. The number of ether oxygens (including phenoxy) is 1. The van der Waals surface area contributed by atoms with Crippen molar-refractivity contribution in [3.63, 3.8) is 0 Å². The van der Waals surface area contributed by atoms with Gasteiger partial charge < -0.3 is 20.4 Å². The molecule has 2 aromatic carbocycles. The highest BCUT2D eigenvalue weighted by molar-refractivity contribution is 9.11. The monoisotopic (exact) mass is 616 g/mol. The van der Waals surface area contributed by atoms with Gasteiger partial charge >= 0.3 is 5.69 Å². The number of hydrogen-bond donors (Lipinski definition) is 2. The number of carbonyl (C=O) groups is 2. The van der Waals surface area contributed by atoms with Crippen molar-refractivity contribution in [1.29, 1.82) is 0 Å². The summed E-state index contributed by atoms with van der Waals surface area (Å²) in [4.78, 5) is 43.5. The van der Waals surface area contributed by atoms with E-state index >= 15 is 0 Å². The van der Waals surface area contributed by atoms with Crippen LogP contribution in [0.25, 0.3) is 11.3 Å². The van der Waals surface area contributed by atoms with E-state index in [0.29, 0.717) is 52.5 Å². The van der Waals surface area contributed by atoms with Crippen LogP contribution in [0.15, 0.2) is 56.3 Å². The highest BCUT2D eigenvalue weighted by Gasteiger charge is 2.50. The average Bonchev–Trinajstić information content (AvgIpc) is 3.60. The molecule has 10 heteroatoms. The number of aromatic nitrogens is 2. The minimum Gasteiger partial charge on any atom is -0.497 e. The molecule has 0 radical (unpaired) electrons. The summed E-state index contributed by atoms with van der Waals surface area (Å²) in [6.07, 6.45) is 3.78. The minimum absolute atomic E-state index is 0.0123. The van der Waals surface area contributed by atoms with E-state index in [-0.39, 0.29) is 35.3 Å². The van der Waals surface area contributed by atoms with E-state index in [1.807, 2.05) is 35.4 Å². The number of nitrogen functional groups attached to an aromatic ring is 1. The zero-order chi connectivity index (χ0) is 25.6. The molecule has 36 heavy (non-hydrogen) atoms. The molecule has 5 rings (SSSR count). The summed E-state index contributed by atoms with van der Waals surface area (Å²) in [5.41, 5.74) is 8.46. The number of piperidine rings is 1. The second kappa shape index (κ2) is 9.89. The van der Waals surface area contributed by atoms with Crippen LogP contribution < -0.4 is 16.2 Å². The Kier molecular flexibility index (Phi) is 6.82. The lowest BCUT2D eigenvalue weighted by Gasteiger charge is -2.32. The molecule has 188 valence electrons. The van der Waals surface area contributed by atoms with E-state index < -0.39 is 0 Å². The van der Waals surface area contributed by atoms with Crippen LogP contribution in [0.1, 0.15) is 35.7 Å². The second-order valence-corrected chi connectivity index (χ2v) is 11.0. The molecule has 2 aliphatic rings. The van der Waals surface area contributed by atoms with Crippen molar-refractivity contribution in [2.75, 3.05) is 25.9 Å². The van der Waals surface area contributed by atoms with E-state index in [1.165, 1.54) is 0 Å². The predicted molar refractivity (Wildman–Crippen MR) is 144 cm³/mol. The number of anilines is 1. The fourth-order valence-corrected chi connectivity index (χ4v) is 6.10. The van der Waals surface area contributed by atoms with Gasteiger partial charge in [-0.2, -0.15) is 0 Å². The van der Waals surface area contributed by atoms with Crippen molar-refractivity contribution in [3.8, 4) is 17.0 Å². The maximum absolute atomic E-state index is 13.1. The van der Waals surface area contributed by atoms with Crippen molar-refractivity contribution in [3.05, 3.63) is 67.6 Å². The van der Waals surface area contributed by atoms with Gasteiger partial charge in [-0.05, 0) is 75.4 Å². The lowest BCUT2D eigenvalue weighted by molar-refractivity contribution is -0.134. The largest absolute Gasteiger partial charge is 0.497 e. The molecular formula is C26H26Br2N4O4. The molecule has 1 saturated carbocycles. The smallest absolute Gasteiger partial charge is 0.326 e. The van der Waals surface area contributed by atoms with Gasteiger partial charge in [0, 0.05) is 57.2 Å². The highest BCUT2D eigenvalue weighted by Crippen LogP contribution is 2.44. The van der Waals surface area contributed by atoms with Gasteiger partial charge in [0.2, 0.25) is 5.91 Å². The third kappa shape index (κ3) is 4.76. The zero-order valence-corrected chi connectivity index (χ0v) is 22.8. The normalized spacial score (nSPS) is 19.8. The van der Waals surface area contributed by atoms with Crippen molar-refractivity contribution >= 4 is 49.2 Å². The lowest BCUT2D eigenvalue weighted by atomic mass is 10.0. The van der Waals surface area contributed by atoms with Gasteiger partial charge in [0.25, 0.3) is 0 Å². The van der Waals surface area contributed by atoms with E-state index in [4.69, 9.17) is 10.5 Å². The van der Waals surface area contributed by atoms with E-state index in [1.54, 1.807) is 23.8 Å². The van der Waals surface area contributed by atoms with Crippen LogP contribution in [0.4, 0.5) is 5.69 Å². The summed E-state index contributed by atoms with van der Waals surface area (Å²) >= 11 is 6.76. The molecule has 0 spiro atoms. The summed E-state index contributed by atoms with van der Waals surface area (Å²) in [6.45, 7) is 1.12. The number of nitrogens with zero attached hydrogens (tertiary/aromatic N) is 2. The van der Waals surface area contributed by atoms with Gasteiger partial charge in [-0.15, -0.1) is 0 Å². The first-order chi connectivity index (χ1) is 17.3. The minimum atomic E-state index is -0.296. The standard InChI is InChI=1S/C26H26Br2N4O4/c1-36-17-4-2-3-14(9-17)22-13-32(26(35)30-22)16-5-7-31(8-6-16)25(34)19-12-18(19)24(33)15-10-20(27)23(29)21(28)11-15/h2-4,9-11,13,16,18-19H,5-8,12,29H2,1H3,(H,30,35). The molecule has 8 nitrogen and oxygen atoms in total. The lowest BCUT2D eigenvalue weighted by Crippen LogP contribution is -2.41. The second-order valence-electron chi connectivity index (χ2n) is 9.34. The number of imidazole rings is 1. The molecule has 1 aliphatic carbocycles. The van der Waals surface area contributed by atoms with Crippen LogP contribution in [0, 0.1) is 11.8 Å². The molecule has 1 aliphatic heterocycles. The Labute approximate surface area is 225 Å². The summed E-state index contributed by atoms with van der Waals surface area (Å²) in [6, 6.07) is 11.0. The molecule has 1 saturated heterocycles. The highest BCUT2D eigenvalue weighted by atomic mass is 79.9. The maximum atomic E-state index is 13.1. The van der Waals surface area contributed by atoms with Crippen LogP contribution >= 0.6 is 31.9 Å². The SMILES string of the molecule is COc1cccc(-c2cn(C3CCN(C(=O)C4CC4C(=O)c4cc(Br)c(N)c(Br)c4)CC3)c(=O)[nH]2)c1. The van der Waals surface area contributed by atoms with Crippen molar-refractivity contribution in [1.82, 2.24) is 14.5 Å². The first-order valence-corrected chi connectivity index (χ1v) is 13.4. The number of halogens is 2. The summed E-state index contributed by atoms with van der Waals surface area (Å²) in [7, 11) is 1.61. The predicted octanol–water partition coefficient (Wildman–Crippen LogP) is 4.64. The number of hydrogen-bond acceptors (Lipinski definition) is 5. The van der Waals surface area contributed by atoms with Crippen molar-refractivity contribution < 1.29 is 14.3 Å². The number of H-pyrrole nitrogens is 1. The number of methoxy groups -OCH3 is 1. The summed E-state index contributed by atoms with van der Waals surface area (Å²) < 4.78 is 8.32.